The van der Waals surface area contributed by atoms with Crippen LogP contribution in [0.2, 0.25) is 5.02 Å². The van der Waals surface area contributed by atoms with Crippen LogP contribution < -0.4 is 10.6 Å². The van der Waals surface area contributed by atoms with Gasteiger partial charge in [-0.05, 0) is 37.3 Å². The Kier molecular flexibility index (Phi) is 5.71. The Hall–Kier alpha value is -2.40. The second kappa shape index (κ2) is 7.74. The summed E-state index contributed by atoms with van der Waals surface area (Å²) in [5, 5.41) is 5.69. The van der Waals surface area contributed by atoms with Gasteiger partial charge in [-0.25, -0.2) is 4.39 Å². The van der Waals surface area contributed by atoms with Crippen LogP contribution in [0.5, 0.6) is 0 Å². The minimum absolute atomic E-state index is 0.0622. The third-order valence-corrected chi connectivity index (χ3v) is 3.51. The largest absolute Gasteiger partial charge is 0.350 e. The molecule has 1 unspecified atom stereocenters. The third kappa shape index (κ3) is 4.79. The molecule has 0 fully saturated rings. The molecule has 2 N–H and O–H groups in total. The van der Waals surface area contributed by atoms with Gasteiger partial charge in [0.2, 0.25) is 5.91 Å². The van der Waals surface area contributed by atoms with Crippen molar-refractivity contribution in [3.05, 3.63) is 70.5 Å². The number of benzene rings is 2. The van der Waals surface area contributed by atoms with Crippen LogP contribution in [0.15, 0.2) is 48.5 Å². The molecule has 1 atom stereocenters. The van der Waals surface area contributed by atoms with Gasteiger partial charge in [-0.1, -0.05) is 29.8 Å². The third-order valence-electron chi connectivity index (χ3n) is 3.26. The van der Waals surface area contributed by atoms with Gasteiger partial charge < -0.3 is 10.6 Å². The van der Waals surface area contributed by atoms with Gasteiger partial charge in [0.05, 0.1) is 0 Å². The Morgan fingerprint density at radius 1 is 1.13 bits per heavy atom. The normalized spacial score (nSPS) is 11.6. The quantitative estimate of drug-likeness (QED) is 0.883. The Bertz CT molecular complexity index is 704. The molecule has 0 spiro atoms. The van der Waals surface area contributed by atoms with Gasteiger partial charge in [0, 0.05) is 22.7 Å². The predicted octanol–water partition coefficient (Wildman–Crippen LogP) is 2.91. The first-order valence-corrected chi connectivity index (χ1v) is 7.42. The van der Waals surface area contributed by atoms with E-state index in [0.29, 0.717) is 16.1 Å². The summed E-state index contributed by atoms with van der Waals surface area (Å²) in [7, 11) is 0. The van der Waals surface area contributed by atoms with Gasteiger partial charge in [-0.15, -0.1) is 0 Å². The maximum Gasteiger partial charge on any atom is 0.251 e. The zero-order valence-electron chi connectivity index (χ0n) is 12.5. The summed E-state index contributed by atoms with van der Waals surface area (Å²) in [4.78, 5) is 24.0. The van der Waals surface area contributed by atoms with Crippen molar-refractivity contribution >= 4 is 23.4 Å². The number of carbonyl (C=O) groups is 2. The highest BCUT2D eigenvalue weighted by Crippen LogP contribution is 2.09. The smallest absolute Gasteiger partial charge is 0.251 e. The molecule has 0 radical (unpaired) electrons. The first-order chi connectivity index (χ1) is 11.0. The second-order valence-electron chi connectivity index (χ2n) is 5.01. The second-order valence-corrected chi connectivity index (χ2v) is 5.45. The lowest BCUT2D eigenvalue weighted by Gasteiger charge is -2.14. The lowest BCUT2D eigenvalue weighted by Crippen LogP contribution is -2.44. The number of hydrogen-bond donors (Lipinski definition) is 2. The van der Waals surface area contributed by atoms with Crippen molar-refractivity contribution in [3.8, 4) is 0 Å². The van der Waals surface area contributed by atoms with Crippen molar-refractivity contribution in [2.75, 3.05) is 0 Å². The van der Waals surface area contributed by atoms with E-state index in [9.17, 15) is 14.0 Å². The van der Waals surface area contributed by atoms with E-state index in [1.165, 1.54) is 6.07 Å². The molecule has 2 aromatic rings. The van der Waals surface area contributed by atoms with E-state index in [2.05, 4.69) is 10.6 Å². The van der Waals surface area contributed by atoms with E-state index < -0.39 is 11.9 Å². The first kappa shape index (κ1) is 17.0. The summed E-state index contributed by atoms with van der Waals surface area (Å²) in [5.41, 5.74) is 0.792. The lowest BCUT2D eigenvalue weighted by atomic mass is 10.2. The average molecular weight is 335 g/mol. The van der Waals surface area contributed by atoms with Gasteiger partial charge in [-0.3, -0.25) is 9.59 Å². The predicted molar refractivity (Wildman–Crippen MR) is 86.6 cm³/mol. The molecule has 0 aliphatic carbocycles. The topological polar surface area (TPSA) is 58.2 Å². The van der Waals surface area contributed by atoms with Crippen molar-refractivity contribution < 1.29 is 14.0 Å². The molecule has 120 valence electrons. The van der Waals surface area contributed by atoms with Crippen LogP contribution in [-0.4, -0.2) is 17.9 Å². The van der Waals surface area contributed by atoms with E-state index in [1.54, 1.807) is 49.4 Å². The number of carbonyl (C=O) groups excluding carboxylic acids is 2. The van der Waals surface area contributed by atoms with Crippen molar-refractivity contribution in [2.45, 2.75) is 19.5 Å². The SMILES string of the molecule is CC(NC(=O)c1ccc(Cl)cc1)C(=O)NCc1ccccc1F. The Balaban J connectivity index is 1.88. The summed E-state index contributed by atoms with van der Waals surface area (Å²) in [6.45, 7) is 1.62. The molecule has 0 bridgehead atoms. The van der Waals surface area contributed by atoms with E-state index in [0.717, 1.165) is 0 Å². The zero-order valence-corrected chi connectivity index (χ0v) is 13.2. The molecule has 6 heteroatoms. The highest BCUT2D eigenvalue weighted by Gasteiger charge is 2.16. The lowest BCUT2D eigenvalue weighted by molar-refractivity contribution is -0.122. The molecule has 2 aromatic carbocycles. The molecule has 0 saturated heterocycles. The molecule has 0 aliphatic heterocycles. The van der Waals surface area contributed by atoms with Crippen LogP contribution >= 0.6 is 11.6 Å². The van der Waals surface area contributed by atoms with Crippen LogP contribution in [0.25, 0.3) is 0 Å². The molecule has 0 aliphatic rings. The molecule has 0 aromatic heterocycles. The fourth-order valence-electron chi connectivity index (χ4n) is 1.92. The Morgan fingerprint density at radius 3 is 2.43 bits per heavy atom. The van der Waals surface area contributed by atoms with Gasteiger partial charge in [0.25, 0.3) is 5.91 Å². The minimum Gasteiger partial charge on any atom is -0.350 e. The van der Waals surface area contributed by atoms with Crippen LogP contribution in [0, 0.1) is 5.82 Å². The molecule has 23 heavy (non-hydrogen) atoms. The summed E-state index contributed by atoms with van der Waals surface area (Å²) >= 11 is 5.76. The fraction of sp³-hybridized carbons (Fsp3) is 0.176. The van der Waals surface area contributed by atoms with Crippen molar-refractivity contribution in [1.29, 1.82) is 0 Å². The maximum absolute atomic E-state index is 13.5. The van der Waals surface area contributed by atoms with E-state index in [-0.39, 0.29) is 18.3 Å². The molecule has 4 nitrogen and oxygen atoms in total. The van der Waals surface area contributed by atoms with Gasteiger partial charge in [0.1, 0.15) is 11.9 Å². The summed E-state index contributed by atoms with van der Waals surface area (Å²) in [6.07, 6.45) is 0. The van der Waals surface area contributed by atoms with Crippen molar-refractivity contribution in [2.24, 2.45) is 0 Å². The minimum atomic E-state index is -0.745. The van der Waals surface area contributed by atoms with Crippen LogP contribution in [0.1, 0.15) is 22.8 Å². The number of hydrogen-bond acceptors (Lipinski definition) is 2. The van der Waals surface area contributed by atoms with Gasteiger partial charge >= 0.3 is 0 Å². The van der Waals surface area contributed by atoms with E-state index >= 15 is 0 Å². The number of nitrogens with one attached hydrogen (secondary N) is 2. The number of amides is 2. The summed E-state index contributed by atoms with van der Waals surface area (Å²) in [6, 6.07) is 11.8. The first-order valence-electron chi connectivity index (χ1n) is 7.05. The van der Waals surface area contributed by atoms with Crippen LogP contribution in [0.4, 0.5) is 4.39 Å². The molecule has 0 saturated carbocycles. The van der Waals surface area contributed by atoms with Crippen molar-refractivity contribution in [3.63, 3.8) is 0 Å². The molecule has 2 rings (SSSR count). The number of rotatable bonds is 5. The van der Waals surface area contributed by atoms with Crippen LogP contribution in [-0.2, 0) is 11.3 Å². The summed E-state index contributed by atoms with van der Waals surface area (Å²) < 4.78 is 13.5. The van der Waals surface area contributed by atoms with E-state index in [4.69, 9.17) is 11.6 Å². The molecular formula is C17H16ClFN2O2. The Morgan fingerprint density at radius 2 is 1.78 bits per heavy atom. The maximum atomic E-state index is 13.5. The average Bonchev–Trinajstić information content (AvgIpc) is 2.54. The molecule has 0 heterocycles. The fourth-order valence-corrected chi connectivity index (χ4v) is 2.05. The number of halogens is 2. The van der Waals surface area contributed by atoms with Crippen LogP contribution in [0.3, 0.4) is 0 Å². The van der Waals surface area contributed by atoms with Gasteiger partial charge in [-0.2, -0.15) is 0 Å². The van der Waals surface area contributed by atoms with Gasteiger partial charge in [0.15, 0.2) is 0 Å². The monoisotopic (exact) mass is 334 g/mol. The summed E-state index contributed by atoms with van der Waals surface area (Å²) in [5.74, 6) is -1.16. The molecule has 2 amide bonds. The van der Waals surface area contributed by atoms with E-state index in [1.807, 2.05) is 0 Å². The highest BCUT2D eigenvalue weighted by atomic mass is 35.5. The zero-order chi connectivity index (χ0) is 16.8. The Labute approximate surface area is 138 Å². The standard InChI is InChI=1S/C17H16ClFN2O2/c1-11(21-17(23)12-6-8-14(18)9-7-12)16(22)20-10-13-4-2-3-5-15(13)19/h2-9,11H,10H2,1H3,(H,20,22)(H,21,23). The van der Waals surface area contributed by atoms with Crippen molar-refractivity contribution in [1.82, 2.24) is 10.6 Å². The molecular weight excluding hydrogens is 319 g/mol. The highest BCUT2D eigenvalue weighted by molar-refractivity contribution is 6.30.